The van der Waals surface area contributed by atoms with Gasteiger partial charge in [-0.25, -0.2) is 4.98 Å². The van der Waals surface area contributed by atoms with E-state index in [2.05, 4.69) is 190 Å². The first-order chi connectivity index (χ1) is 35.5. The molecule has 0 saturated carbocycles. The zero-order chi connectivity index (χ0) is 49.3. The molecule has 1 aromatic heterocycles. The molecule has 2 nitrogen and oxygen atoms in total. The van der Waals surface area contributed by atoms with Crippen LogP contribution in [0.15, 0.2) is 158 Å². The number of rotatable bonds is 25. The summed E-state index contributed by atoms with van der Waals surface area (Å²) in [6, 6.07) is 60.2. The van der Waals surface area contributed by atoms with Gasteiger partial charge >= 0.3 is 0 Å². The minimum absolute atomic E-state index is 0.0405. The maximum atomic E-state index is 5.22. The molecule has 0 radical (unpaired) electrons. The summed E-state index contributed by atoms with van der Waals surface area (Å²) in [5, 5.41) is 1.14. The molecule has 10 rings (SSSR count). The van der Waals surface area contributed by atoms with Gasteiger partial charge in [0.15, 0.2) is 0 Å². The molecule has 0 spiro atoms. The Morgan fingerprint density at radius 1 is 0.375 bits per heavy atom. The van der Waals surface area contributed by atoms with Crippen LogP contribution in [-0.4, -0.2) is 4.98 Å². The van der Waals surface area contributed by atoms with Crippen LogP contribution < -0.4 is 4.90 Å². The number of thiazole rings is 1. The molecule has 0 bridgehead atoms. The maximum Gasteiger partial charge on any atom is 0.124 e. The molecule has 0 saturated heterocycles. The summed E-state index contributed by atoms with van der Waals surface area (Å²) < 4.78 is 1.26. The average Bonchev–Trinajstić information content (AvgIpc) is 4.07. The number of fused-ring (bicyclic) bond motifs is 7. The highest BCUT2D eigenvalue weighted by molar-refractivity contribution is 7.21. The van der Waals surface area contributed by atoms with E-state index in [1.807, 2.05) is 11.3 Å². The second-order valence-corrected chi connectivity index (χ2v) is 22.4. The van der Waals surface area contributed by atoms with Crippen LogP contribution in [-0.2, 0) is 10.8 Å². The monoisotopic (exact) mass is 967 g/mol. The van der Waals surface area contributed by atoms with E-state index in [1.165, 1.54) is 187 Å². The van der Waals surface area contributed by atoms with Crippen molar-refractivity contribution in [1.29, 1.82) is 0 Å². The Labute approximate surface area is 437 Å². The smallest absolute Gasteiger partial charge is 0.124 e. The summed E-state index contributed by atoms with van der Waals surface area (Å²) in [5.41, 5.74) is 20.2. The molecule has 0 unspecified atom stereocenters. The van der Waals surface area contributed by atoms with E-state index in [0.717, 1.165) is 23.4 Å². The minimum Gasteiger partial charge on any atom is -0.310 e. The Hall–Kier alpha value is -5.77. The van der Waals surface area contributed by atoms with Crippen molar-refractivity contribution in [3.8, 4) is 44.0 Å². The molecule has 1 heterocycles. The van der Waals surface area contributed by atoms with Crippen molar-refractivity contribution in [3.63, 3.8) is 0 Å². The summed E-state index contributed by atoms with van der Waals surface area (Å²) in [5.74, 6) is 0. The zero-order valence-corrected chi connectivity index (χ0v) is 44.8. The number of hydrogen-bond donors (Lipinski definition) is 0. The van der Waals surface area contributed by atoms with Crippen LogP contribution in [0.4, 0.5) is 17.1 Å². The van der Waals surface area contributed by atoms with E-state index in [9.17, 15) is 0 Å². The highest BCUT2D eigenvalue weighted by Gasteiger charge is 2.44. The van der Waals surface area contributed by atoms with Gasteiger partial charge in [0.05, 0.1) is 10.2 Å². The second-order valence-electron chi connectivity index (χ2n) is 21.3. The van der Waals surface area contributed by atoms with E-state index in [1.54, 1.807) is 11.1 Å². The second kappa shape index (κ2) is 23.0. The normalized spacial score (nSPS) is 13.8. The Bertz CT molecular complexity index is 2960. The Balaban J connectivity index is 1.03. The fourth-order valence-corrected chi connectivity index (χ4v) is 14.0. The van der Waals surface area contributed by atoms with E-state index in [4.69, 9.17) is 4.98 Å². The number of aromatic nitrogens is 1. The van der Waals surface area contributed by atoms with Crippen molar-refractivity contribution < 1.29 is 0 Å². The first-order valence-electron chi connectivity index (χ1n) is 28.4. The summed E-state index contributed by atoms with van der Waals surface area (Å²) in [6.45, 7) is 9.47. The Kier molecular flexibility index (Phi) is 15.9. The van der Waals surface area contributed by atoms with Crippen LogP contribution in [0.2, 0.25) is 0 Å². The van der Waals surface area contributed by atoms with Gasteiger partial charge in [0.2, 0.25) is 0 Å². The van der Waals surface area contributed by atoms with Gasteiger partial charge in [-0.2, -0.15) is 0 Å². The maximum absolute atomic E-state index is 5.22. The highest BCUT2D eigenvalue weighted by Crippen LogP contribution is 2.58. The van der Waals surface area contributed by atoms with Crippen LogP contribution in [0.5, 0.6) is 0 Å². The van der Waals surface area contributed by atoms with Gasteiger partial charge in [-0.05, 0) is 148 Å². The molecule has 0 aliphatic heterocycles. The van der Waals surface area contributed by atoms with Crippen LogP contribution in [0.1, 0.15) is 178 Å². The lowest BCUT2D eigenvalue weighted by molar-refractivity contribution is 0.397. The lowest BCUT2D eigenvalue weighted by atomic mass is 9.70. The molecule has 0 atom stereocenters. The van der Waals surface area contributed by atoms with Crippen molar-refractivity contribution in [2.24, 2.45) is 0 Å². The van der Waals surface area contributed by atoms with Crippen molar-refractivity contribution in [1.82, 2.24) is 4.98 Å². The Morgan fingerprint density at radius 2 is 0.792 bits per heavy atom. The molecule has 0 N–H and O–H groups in total. The molecule has 0 amide bonds. The molecule has 7 aromatic carbocycles. The van der Waals surface area contributed by atoms with E-state index in [0.29, 0.717) is 0 Å². The van der Waals surface area contributed by atoms with Crippen LogP contribution in [0, 0.1) is 0 Å². The number of anilines is 3. The fourth-order valence-electron chi connectivity index (χ4n) is 13.0. The lowest BCUT2D eigenvalue weighted by Gasteiger charge is -2.33. The summed E-state index contributed by atoms with van der Waals surface area (Å²) in [4.78, 5) is 7.64. The van der Waals surface area contributed by atoms with Gasteiger partial charge in [-0.1, -0.05) is 221 Å². The van der Waals surface area contributed by atoms with Crippen molar-refractivity contribution in [3.05, 3.63) is 180 Å². The molecule has 2 aliphatic carbocycles. The average molecular weight is 967 g/mol. The third-order valence-corrected chi connectivity index (χ3v) is 18.1. The van der Waals surface area contributed by atoms with E-state index in [-0.39, 0.29) is 10.8 Å². The number of para-hydroxylation sites is 3. The van der Waals surface area contributed by atoms with Gasteiger partial charge in [-0.3, -0.25) is 0 Å². The van der Waals surface area contributed by atoms with E-state index >= 15 is 0 Å². The van der Waals surface area contributed by atoms with Crippen LogP contribution in [0.25, 0.3) is 54.2 Å². The summed E-state index contributed by atoms with van der Waals surface area (Å²) >= 11 is 1.84. The van der Waals surface area contributed by atoms with Gasteiger partial charge < -0.3 is 4.90 Å². The fraction of sp³-hybridized carbons (Fsp3) is 0.377. The van der Waals surface area contributed by atoms with Crippen LogP contribution >= 0.6 is 11.3 Å². The van der Waals surface area contributed by atoms with Gasteiger partial charge in [0.1, 0.15) is 5.01 Å². The van der Waals surface area contributed by atoms with Crippen LogP contribution in [0.3, 0.4) is 0 Å². The lowest BCUT2D eigenvalue weighted by Crippen LogP contribution is -2.25. The van der Waals surface area contributed by atoms with Gasteiger partial charge in [0.25, 0.3) is 0 Å². The first-order valence-corrected chi connectivity index (χ1v) is 29.2. The molecular weight excluding hydrogens is 889 g/mol. The standard InChI is InChI=1S/C69H78N2S/c1-5-9-11-13-15-17-19-29-45-69(46-30-20-18-16-14-12-10-6-2)62-48-52(38-42-58(62)59-43-39-53(49-63(59)69)67-70-65-35-27-28-36-66(65)72-67)51-37-41-57-60-44-40-56(50-64(60)68(7-3,8-4)61(57)47-51)71(54-31-23-21-24-32-54)55-33-25-22-26-34-55/h21-28,31-44,47-50H,5-20,29-30,45-46H2,1-4H3. The largest absolute Gasteiger partial charge is 0.310 e. The molecule has 370 valence electrons. The number of nitrogens with zero attached hydrogens (tertiary/aromatic N) is 2. The topological polar surface area (TPSA) is 16.1 Å². The van der Waals surface area contributed by atoms with Crippen molar-refractivity contribution >= 4 is 38.6 Å². The molecular formula is C69H78N2S. The predicted molar refractivity (Wildman–Crippen MR) is 313 cm³/mol. The molecule has 2 aliphatic rings. The van der Waals surface area contributed by atoms with Gasteiger partial charge in [-0.15, -0.1) is 11.3 Å². The molecule has 8 aromatic rings. The predicted octanol–water partition coefficient (Wildman–Crippen LogP) is 21.5. The first kappa shape index (κ1) is 49.8. The molecule has 0 fully saturated rings. The third-order valence-electron chi connectivity index (χ3n) is 17.0. The highest BCUT2D eigenvalue weighted by atomic mass is 32.1. The Morgan fingerprint density at radius 3 is 1.29 bits per heavy atom. The SMILES string of the molecule is CCCCCCCCCCC1(CCCCCCCCCC)c2cc(-c3ccc4c(c3)C(CC)(CC)c3cc(N(c5ccccc5)c5ccccc5)ccc3-4)ccc2-c2ccc(-c3nc4ccccc4s3)cc21. The summed E-state index contributed by atoms with van der Waals surface area (Å²) in [7, 11) is 0. The van der Waals surface area contributed by atoms with E-state index < -0.39 is 0 Å². The van der Waals surface area contributed by atoms with Crippen molar-refractivity contribution in [2.45, 2.75) is 167 Å². The van der Waals surface area contributed by atoms with Crippen molar-refractivity contribution in [2.75, 3.05) is 4.90 Å². The summed E-state index contributed by atoms with van der Waals surface area (Å²) in [6.07, 6.45) is 25.9. The minimum atomic E-state index is -0.0867. The number of benzene rings is 7. The number of hydrogen-bond acceptors (Lipinski definition) is 3. The molecule has 72 heavy (non-hydrogen) atoms. The zero-order valence-electron chi connectivity index (χ0n) is 44.0. The number of unbranched alkanes of at least 4 members (excludes halogenated alkanes) is 14. The molecule has 3 heteroatoms. The van der Waals surface area contributed by atoms with Gasteiger partial charge in [0, 0.05) is 33.5 Å². The third kappa shape index (κ3) is 9.88. The quantitative estimate of drug-likeness (QED) is 0.0531.